The van der Waals surface area contributed by atoms with E-state index >= 15 is 0 Å². The summed E-state index contributed by atoms with van der Waals surface area (Å²) < 4.78 is 0. The minimum Gasteiger partial charge on any atom is -0.481 e. The van der Waals surface area contributed by atoms with E-state index in [0.717, 1.165) is 31.8 Å². The third-order valence-electron chi connectivity index (χ3n) is 5.38. The molecule has 1 saturated carbocycles. The van der Waals surface area contributed by atoms with Gasteiger partial charge in [0.15, 0.2) is 0 Å². The van der Waals surface area contributed by atoms with E-state index in [-0.39, 0.29) is 12.0 Å². The first-order valence-corrected chi connectivity index (χ1v) is 8.21. The number of benzene rings is 1. The molecule has 1 aromatic carbocycles. The number of rotatable bonds is 4. The Hall–Kier alpha value is -1.35. The predicted octanol–water partition coefficient (Wildman–Crippen LogP) is 3.64. The molecule has 1 aliphatic carbocycles. The van der Waals surface area contributed by atoms with Gasteiger partial charge in [0, 0.05) is 12.6 Å². The first-order chi connectivity index (χ1) is 10.1. The van der Waals surface area contributed by atoms with Crippen LogP contribution in [-0.4, -0.2) is 28.6 Å². The molecule has 3 rings (SSSR count). The topological polar surface area (TPSA) is 40.5 Å². The fourth-order valence-electron chi connectivity index (χ4n) is 3.64. The average molecular weight is 287 g/mol. The molecule has 2 aliphatic rings. The quantitative estimate of drug-likeness (QED) is 0.919. The number of piperidine rings is 1. The van der Waals surface area contributed by atoms with Crippen molar-refractivity contribution in [2.45, 2.75) is 57.5 Å². The Balaban J connectivity index is 1.63. The van der Waals surface area contributed by atoms with E-state index in [1.54, 1.807) is 0 Å². The molecule has 2 atom stereocenters. The average Bonchev–Trinajstić information content (AvgIpc) is 2.41. The Morgan fingerprint density at radius 3 is 2.48 bits per heavy atom. The zero-order valence-corrected chi connectivity index (χ0v) is 12.8. The molecular weight excluding hydrogens is 262 g/mol. The maximum absolute atomic E-state index is 11.3. The molecule has 0 aromatic heterocycles. The molecule has 0 radical (unpaired) electrons. The summed E-state index contributed by atoms with van der Waals surface area (Å²) in [6.45, 7) is 3.94. The van der Waals surface area contributed by atoms with Crippen molar-refractivity contribution in [3.8, 4) is 0 Å². The Labute approximate surface area is 127 Å². The van der Waals surface area contributed by atoms with Crippen LogP contribution < -0.4 is 0 Å². The molecule has 0 amide bonds. The van der Waals surface area contributed by atoms with Gasteiger partial charge >= 0.3 is 5.97 Å². The van der Waals surface area contributed by atoms with Crippen LogP contribution >= 0.6 is 0 Å². The number of likely N-dealkylation sites (tertiary alicyclic amines) is 1. The molecule has 0 spiro atoms. The van der Waals surface area contributed by atoms with Gasteiger partial charge in [-0.1, -0.05) is 30.7 Å². The van der Waals surface area contributed by atoms with Crippen molar-refractivity contribution in [1.82, 2.24) is 4.90 Å². The summed E-state index contributed by atoms with van der Waals surface area (Å²) in [5.74, 6) is -0.0788. The minimum atomic E-state index is -0.646. The number of carboxylic acids is 1. The highest BCUT2D eigenvalue weighted by Crippen LogP contribution is 2.36. The summed E-state index contributed by atoms with van der Waals surface area (Å²) in [4.78, 5) is 13.6. The third kappa shape index (κ3) is 3.13. The van der Waals surface area contributed by atoms with Gasteiger partial charge < -0.3 is 5.11 Å². The first kappa shape index (κ1) is 14.6. The molecule has 1 heterocycles. The van der Waals surface area contributed by atoms with Crippen LogP contribution in [0, 0.1) is 5.92 Å². The van der Waals surface area contributed by atoms with E-state index < -0.39 is 5.97 Å². The van der Waals surface area contributed by atoms with E-state index in [1.165, 1.54) is 30.4 Å². The Kier molecular flexibility index (Phi) is 4.29. The van der Waals surface area contributed by atoms with Crippen molar-refractivity contribution in [3.05, 3.63) is 35.4 Å². The van der Waals surface area contributed by atoms with Crippen molar-refractivity contribution in [2.24, 2.45) is 5.92 Å². The van der Waals surface area contributed by atoms with Gasteiger partial charge in [-0.15, -0.1) is 0 Å². The van der Waals surface area contributed by atoms with Gasteiger partial charge in [-0.3, -0.25) is 9.69 Å². The summed E-state index contributed by atoms with van der Waals surface area (Å²) in [6, 6.07) is 9.11. The summed E-state index contributed by atoms with van der Waals surface area (Å²) in [7, 11) is 0. The van der Waals surface area contributed by atoms with Crippen molar-refractivity contribution >= 4 is 5.97 Å². The van der Waals surface area contributed by atoms with E-state index in [1.807, 2.05) is 0 Å². The minimum absolute atomic E-state index is 0.127. The number of hydrogen-bond acceptors (Lipinski definition) is 2. The maximum Gasteiger partial charge on any atom is 0.308 e. The summed E-state index contributed by atoms with van der Waals surface area (Å²) in [6.07, 6.45) is 5.84. The lowest BCUT2D eigenvalue weighted by atomic mass is 9.80. The number of hydrogen-bond donors (Lipinski definition) is 1. The number of carbonyl (C=O) groups is 1. The Morgan fingerprint density at radius 2 is 1.90 bits per heavy atom. The van der Waals surface area contributed by atoms with Crippen LogP contribution in [0.3, 0.4) is 0 Å². The second-order valence-electron chi connectivity index (χ2n) is 6.67. The van der Waals surface area contributed by atoms with Gasteiger partial charge in [-0.25, -0.2) is 0 Å². The van der Waals surface area contributed by atoms with Crippen LogP contribution in [0.4, 0.5) is 0 Å². The molecule has 1 aliphatic heterocycles. The normalized spacial score (nSPS) is 27.3. The molecule has 3 heteroatoms. The molecule has 3 nitrogen and oxygen atoms in total. The Bertz CT molecular complexity index is 492. The van der Waals surface area contributed by atoms with Crippen LogP contribution in [0.2, 0.25) is 0 Å². The van der Waals surface area contributed by atoms with Crippen molar-refractivity contribution < 1.29 is 9.90 Å². The molecular formula is C18H25NO2. The van der Waals surface area contributed by atoms with Crippen LogP contribution in [0.15, 0.2) is 24.3 Å². The largest absolute Gasteiger partial charge is 0.481 e. The lowest BCUT2D eigenvalue weighted by Crippen LogP contribution is -2.45. The highest BCUT2D eigenvalue weighted by atomic mass is 16.4. The lowest BCUT2D eigenvalue weighted by Gasteiger charge is -2.37. The van der Waals surface area contributed by atoms with Crippen molar-refractivity contribution in [2.75, 3.05) is 6.54 Å². The van der Waals surface area contributed by atoms with Crippen molar-refractivity contribution in [3.63, 3.8) is 0 Å². The predicted molar refractivity (Wildman–Crippen MR) is 83.3 cm³/mol. The Morgan fingerprint density at radius 1 is 1.19 bits per heavy atom. The van der Waals surface area contributed by atoms with Crippen LogP contribution in [0.25, 0.3) is 0 Å². The first-order valence-electron chi connectivity index (χ1n) is 8.21. The van der Waals surface area contributed by atoms with E-state index in [9.17, 15) is 9.90 Å². The van der Waals surface area contributed by atoms with Gasteiger partial charge in [0.25, 0.3) is 0 Å². The number of carboxylic acid groups (broad SMARTS) is 1. The molecule has 1 saturated heterocycles. The van der Waals surface area contributed by atoms with Gasteiger partial charge in [0.2, 0.25) is 0 Å². The maximum atomic E-state index is 11.3. The smallest absolute Gasteiger partial charge is 0.308 e. The molecule has 2 fully saturated rings. The van der Waals surface area contributed by atoms with Gasteiger partial charge in [-0.2, -0.15) is 0 Å². The van der Waals surface area contributed by atoms with Crippen LogP contribution in [0.5, 0.6) is 0 Å². The van der Waals surface area contributed by atoms with Crippen LogP contribution in [0.1, 0.15) is 56.1 Å². The van der Waals surface area contributed by atoms with E-state index in [4.69, 9.17) is 0 Å². The van der Waals surface area contributed by atoms with Gasteiger partial charge in [-0.05, 0) is 56.2 Å². The van der Waals surface area contributed by atoms with Crippen LogP contribution in [-0.2, 0) is 11.3 Å². The molecule has 21 heavy (non-hydrogen) atoms. The molecule has 1 N–H and O–H groups in total. The van der Waals surface area contributed by atoms with Gasteiger partial charge in [0.05, 0.1) is 5.92 Å². The summed E-state index contributed by atoms with van der Waals surface area (Å²) >= 11 is 0. The SMILES string of the molecule is C[C@@H]1[C@H](C(=O)O)CCCN1Cc1ccc(C2CCC2)cc1. The lowest BCUT2D eigenvalue weighted by molar-refractivity contribution is -0.145. The molecule has 1 aromatic rings. The zero-order chi connectivity index (χ0) is 14.8. The molecule has 0 unspecified atom stereocenters. The van der Waals surface area contributed by atoms with Gasteiger partial charge in [0.1, 0.15) is 0 Å². The zero-order valence-electron chi connectivity index (χ0n) is 12.8. The highest BCUT2D eigenvalue weighted by Gasteiger charge is 2.32. The summed E-state index contributed by atoms with van der Waals surface area (Å²) in [5, 5.41) is 9.30. The monoisotopic (exact) mass is 287 g/mol. The highest BCUT2D eigenvalue weighted by molar-refractivity contribution is 5.70. The summed E-state index contributed by atoms with van der Waals surface area (Å²) in [5.41, 5.74) is 2.77. The number of nitrogens with zero attached hydrogens (tertiary/aromatic N) is 1. The van der Waals surface area contributed by atoms with E-state index in [0.29, 0.717) is 0 Å². The number of aliphatic carboxylic acids is 1. The molecule has 114 valence electrons. The van der Waals surface area contributed by atoms with Crippen molar-refractivity contribution in [1.29, 1.82) is 0 Å². The third-order valence-corrected chi connectivity index (χ3v) is 5.38. The van der Waals surface area contributed by atoms with E-state index in [2.05, 4.69) is 36.1 Å². The molecule has 0 bridgehead atoms. The second kappa shape index (κ2) is 6.18. The standard InChI is InChI=1S/C18H25NO2/c1-13-17(18(20)21)6-3-11-19(13)12-14-7-9-16(10-8-14)15-4-2-5-15/h7-10,13,15,17H,2-6,11-12H2,1H3,(H,20,21)/t13-,17-/m1/s1. The fourth-order valence-corrected chi connectivity index (χ4v) is 3.64. The second-order valence-corrected chi connectivity index (χ2v) is 6.67. The fraction of sp³-hybridized carbons (Fsp3) is 0.611.